The average molecular weight is 340 g/mol. The molecule has 24 heavy (non-hydrogen) atoms. The van der Waals surface area contributed by atoms with Gasteiger partial charge in [0.05, 0.1) is 17.4 Å². The van der Waals surface area contributed by atoms with Crippen LogP contribution in [0.1, 0.15) is 29.1 Å². The number of nitrogens with zero attached hydrogens (tertiary/aromatic N) is 4. The minimum Gasteiger partial charge on any atom is -0.349 e. The third-order valence-electron chi connectivity index (χ3n) is 3.93. The lowest BCUT2D eigenvalue weighted by molar-refractivity contribution is 0.0934. The summed E-state index contributed by atoms with van der Waals surface area (Å²) >= 11 is 1.56. The summed E-state index contributed by atoms with van der Waals surface area (Å²) in [5, 5.41) is 11.9. The molecular weight excluding hydrogens is 324 g/mol. The number of aromatic nitrogens is 5. The van der Waals surface area contributed by atoms with Crippen LogP contribution in [0.25, 0.3) is 16.3 Å². The van der Waals surface area contributed by atoms with Crippen molar-refractivity contribution in [3.05, 3.63) is 53.6 Å². The first-order chi connectivity index (χ1) is 11.6. The summed E-state index contributed by atoms with van der Waals surface area (Å²) in [6, 6.07) is 5.46. The smallest absolute Gasteiger partial charge is 0.269 e. The van der Waals surface area contributed by atoms with E-state index in [4.69, 9.17) is 0 Å². The summed E-state index contributed by atoms with van der Waals surface area (Å²) < 4.78 is 3.91. The number of fused-ring (bicyclic) bond motifs is 1. The van der Waals surface area contributed by atoms with Crippen molar-refractivity contribution < 1.29 is 4.79 Å². The zero-order valence-corrected chi connectivity index (χ0v) is 14.0. The molecular formula is C16H16N6OS. The molecule has 0 saturated heterocycles. The molecule has 0 spiro atoms. The number of aryl methyl sites for hydroxylation is 1. The Hall–Kier alpha value is -2.87. The summed E-state index contributed by atoms with van der Waals surface area (Å²) in [7, 11) is 1.94. The molecule has 0 bridgehead atoms. The number of carbonyl (C=O) groups excluding carboxylic acids is 1. The fourth-order valence-corrected chi connectivity index (χ4v) is 3.31. The van der Waals surface area contributed by atoms with E-state index in [1.165, 1.54) is 0 Å². The Balaban J connectivity index is 1.51. The highest BCUT2D eigenvalue weighted by Gasteiger charge is 2.17. The van der Waals surface area contributed by atoms with Crippen molar-refractivity contribution in [2.45, 2.75) is 13.0 Å². The van der Waals surface area contributed by atoms with Crippen molar-refractivity contribution in [3.8, 4) is 11.4 Å². The van der Waals surface area contributed by atoms with Crippen LogP contribution in [0.5, 0.6) is 0 Å². The van der Waals surface area contributed by atoms with E-state index in [2.05, 4.69) is 20.5 Å². The van der Waals surface area contributed by atoms with E-state index in [-0.39, 0.29) is 11.9 Å². The number of aromatic amines is 1. The fourth-order valence-electron chi connectivity index (χ4n) is 2.60. The second-order valence-electron chi connectivity index (χ2n) is 5.62. The Morgan fingerprint density at radius 2 is 2.29 bits per heavy atom. The van der Waals surface area contributed by atoms with Gasteiger partial charge in [-0.2, -0.15) is 5.10 Å². The summed E-state index contributed by atoms with van der Waals surface area (Å²) in [5.41, 5.74) is 2.95. The lowest BCUT2D eigenvalue weighted by Crippen LogP contribution is -2.27. The van der Waals surface area contributed by atoms with Crippen molar-refractivity contribution in [2.75, 3.05) is 0 Å². The van der Waals surface area contributed by atoms with E-state index in [1.54, 1.807) is 17.4 Å². The van der Waals surface area contributed by atoms with Crippen LogP contribution in [0.4, 0.5) is 0 Å². The standard InChI is InChI=1S/C16H16N6OS/c1-10(13-9-22-6-7-24-16(22)18-13)17-15(23)12-8-11(19-20-12)14-4-3-5-21(14)2/h3-10H,1-2H3,(H,17,23)(H,19,20)/t10-/m1/s1. The Labute approximate surface area is 142 Å². The van der Waals surface area contributed by atoms with Crippen molar-refractivity contribution >= 4 is 22.2 Å². The highest BCUT2D eigenvalue weighted by molar-refractivity contribution is 7.15. The zero-order valence-electron chi connectivity index (χ0n) is 13.2. The molecule has 8 heteroatoms. The number of H-pyrrole nitrogens is 1. The van der Waals surface area contributed by atoms with E-state index >= 15 is 0 Å². The van der Waals surface area contributed by atoms with E-state index in [0.29, 0.717) is 5.69 Å². The molecule has 4 heterocycles. The maximum absolute atomic E-state index is 12.4. The number of amides is 1. The summed E-state index contributed by atoms with van der Waals surface area (Å²) in [6.07, 6.45) is 5.82. The van der Waals surface area contributed by atoms with Crippen molar-refractivity contribution in [2.24, 2.45) is 7.05 Å². The molecule has 0 aliphatic heterocycles. The van der Waals surface area contributed by atoms with Crippen molar-refractivity contribution in [1.82, 2.24) is 29.5 Å². The van der Waals surface area contributed by atoms with Gasteiger partial charge < -0.3 is 9.88 Å². The van der Waals surface area contributed by atoms with Crippen LogP contribution in [-0.4, -0.2) is 30.1 Å². The first-order valence-corrected chi connectivity index (χ1v) is 8.40. The second-order valence-corrected chi connectivity index (χ2v) is 6.50. The van der Waals surface area contributed by atoms with Crippen molar-refractivity contribution in [3.63, 3.8) is 0 Å². The third kappa shape index (κ3) is 2.50. The predicted molar refractivity (Wildman–Crippen MR) is 91.9 cm³/mol. The van der Waals surface area contributed by atoms with E-state index in [1.807, 2.05) is 59.0 Å². The molecule has 0 aliphatic carbocycles. The molecule has 4 aromatic heterocycles. The number of nitrogens with one attached hydrogen (secondary N) is 2. The zero-order chi connectivity index (χ0) is 16.7. The van der Waals surface area contributed by atoms with Gasteiger partial charge in [-0.1, -0.05) is 0 Å². The Morgan fingerprint density at radius 1 is 1.42 bits per heavy atom. The van der Waals surface area contributed by atoms with Gasteiger partial charge in [-0.3, -0.25) is 14.3 Å². The number of rotatable bonds is 4. The van der Waals surface area contributed by atoms with E-state index < -0.39 is 0 Å². The highest BCUT2D eigenvalue weighted by Crippen LogP contribution is 2.19. The number of hydrogen-bond acceptors (Lipinski definition) is 4. The summed E-state index contributed by atoms with van der Waals surface area (Å²) in [6.45, 7) is 1.92. The third-order valence-corrected chi connectivity index (χ3v) is 4.70. The van der Waals surface area contributed by atoms with E-state index in [0.717, 1.165) is 22.0 Å². The number of thiazole rings is 1. The van der Waals surface area contributed by atoms with Crippen LogP contribution >= 0.6 is 11.3 Å². The molecule has 0 radical (unpaired) electrons. The summed E-state index contributed by atoms with van der Waals surface area (Å²) in [5.74, 6) is -0.202. The Kier molecular flexibility index (Phi) is 3.46. The van der Waals surface area contributed by atoms with Gasteiger partial charge in [0.15, 0.2) is 4.96 Å². The second kappa shape index (κ2) is 5.64. The molecule has 0 aliphatic rings. The predicted octanol–water partition coefficient (Wildman–Crippen LogP) is 2.62. The van der Waals surface area contributed by atoms with E-state index in [9.17, 15) is 4.79 Å². The molecule has 122 valence electrons. The molecule has 1 atom stereocenters. The molecule has 0 unspecified atom stereocenters. The number of carbonyl (C=O) groups is 1. The fraction of sp³-hybridized carbons (Fsp3) is 0.188. The average Bonchev–Trinajstić information content (AvgIpc) is 3.30. The maximum atomic E-state index is 12.4. The molecule has 2 N–H and O–H groups in total. The normalized spacial score (nSPS) is 12.6. The lowest BCUT2D eigenvalue weighted by Gasteiger charge is -2.10. The van der Waals surface area contributed by atoms with Gasteiger partial charge in [0, 0.05) is 31.0 Å². The quantitative estimate of drug-likeness (QED) is 0.599. The number of imidazole rings is 1. The Bertz CT molecular complexity index is 978. The minimum atomic E-state index is -0.202. The monoisotopic (exact) mass is 340 g/mol. The molecule has 0 aromatic carbocycles. The maximum Gasteiger partial charge on any atom is 0.269 e. The SMILES string of the molecule is C[C@@H](NC(=O)c1cc(-c2cccn2C)n[nH]1)c1cn2ccsc2n1. The molecule has 4 aromatic rings. The molecule has 7 nitrogen and oxygen atoms in total. The van der Waals surface area contributed by atoms with Crippen LogP contribution in [0.15, 0.2) is 42.2 Å². The minimum absolute atomic E-state index is 0.189. The van der Waals surface area contributed by atoms with Crippen LogP contribution in [0, 0.1) is 0 Å². The van der Waals surface area contributed by atoms with Crippen LogP contribution in [0.3, 0.4) is 0 Å². The first-order valence-electron chi connectivity index (χ1n) is 7.52. The van der Waals surface area contributed by atoms with Gasteiger partial charge in [0.2, 0.25) is 0 Å². The molecule has 4 rings (SSSR count). The first kappa shape index (κ1) is 14.7. The van der Waals surface area contributed by atoms with Gasteiger partial charge >= 0.3 is 0 Å². The molecule has 0 fully saturated rings. The van der Waals surface area contributed by atoms with Crippen LogP contribution in [0.2, 0.25) is 0 Å². The van der Waals surface area contributed by atoms with Gasteiger partial charge in [0.1, 0.15) is 11.4 Å². The Morgan fingerprint density at radius 3 is 3.04 bits per heavy atom. The van der Waals surface area contributed by atoms with Crippen LogP contribution < -0.4 is 5.32 Å². The van der Waals surface area contributed by atoms with Gasteiger partial charge in [-0.05, 0) is 25.1 Å². The topological polar surface area (TPSA) is 80.0 Å². The lowest BCUT2D eigenvalue weighted by atomic mass is 10.2. The van der Waals surface area contributed by atoms with Crippen LogP contribution in [-0.2, 0) is 7.05 Å². The molecule has 1 amide bonds. The largest absolute Gasteiger partial charge is 0.349 e. The number of hydrogen-bond donors (Lipinski definition) is 2. The van der Waals surface area contributed by atoms with Crippen molar-refractivity contribution in [1.29, 1.82) is 0 Å². The van der Waals surface area contributed by atoms with Gasteiger partial charge in [0.25, 0.3) is 5.91 Å². The van der Waals surface area contributed by atoms with Gasteiger partial charge in [-0.15, -0.1) is 11.3 Å². The highest BCUT2D eigenvalue weighted by atomic mass is 32.1. The van der Waals surface area contributed by atoms with Gasteiger partial charge in [-0.25, -0.2) is 4.98 Å². The summed E-state index contributed by atoms with van der Waals surface area (Å²) in [4.78, 5) is 17.9. The molecule has 0 saturated carbocycles.